The number of allylic oxidation sites excluding steroid dienone is 4. The summed E-state index contributed by atoms with van der Waals surface area (Å²) in [6.07, 6.45) is 11.0. The molecule has 5 atom stereocenters. The summed E-state index contributed by atoms with van der Waals surface area (Å²) in [6, 6.07) is 1.66. The Balaban J connectivity index is 1.70. The van der Waals surface area contributed by atoms with Crippen molar-refractivity contribution in [3.63, 3.8) is 0 Å². The lowest BCUT2D eigenvalue weighted by Crippen LogP contribution is -2.61. The highest BCUT2D eigenvalue weighted by Crippen LogP contribution is 2.73. The number of rotatable bonds is 0. The molecule has 0 unspecified atom stereocenters. The summed E-state index contributed by atoms with van der Waals surface area (Å²) in [6.45, 7) is 13.7. The van der Waals surface area contributed by atoms with Gasteiger partial charge >= 0.3 is 0 Å². The summed E-state index contributed by atoms with van der Waals surface area (Å²) in [4.78, 5) is 13.4. The van der Waals surface area contributed by atoms with E-state index in [1.165, 1.54) is 24.0 Å². The average molecular weight is 421 g/mol. The maximum absolute atomic E-state index is 13.4. The summed E-state index contributed by atoms with van der Waals surface area (Å²) in [5.41, 5.74) is 4.87. The quantitative estimate of drug-likeness (QED) is 0.360. The first-order valence-corrected chi connectivity index (χ1v) is 11.9. The van der Waals surface area contributed by atoms with Gasteiger partial charge < -0.3 is 10.2 Å². The molecule has 0 aromatic heterocycles. The van der Waals surface area contributed by atoms with Crippen LogP contribution in [0.3, 0.4) is 0 Å². The molecule has 166 valence electrons. The molecule has 0 bridgehead atoms. The molecule has 3 nitrogen and oxygen atoms in total. The Morgan fingerprint density at radius 3 is 2.42 bits per heavy atom. The third kappa shape index (κ3) is 2.38. The van der Waals surface area contributed by atoms with Gasteiger partial charge in [-0.25, -0.2) is 0 Å². The average Bonchev–Trinajstić information content (AvgIpc) is 2.71. The van der Waals surface area contributed by atoms with Gasteiger partial charge in [0.1, 0.15) is 0 Å². The first-order valence-electron chi connectivity index (χ1n) is 11.9. The fourth-order valence-corrected chi connectivity index (χ4v) is 8.17. The van der Waals surface area contributed by atoms with Gasteiger partial charge in [-0.15, -0.1) is 0 Å². The Labute approximate surface area is 186 Å². The number of phenols is 2. The molecule has 0 radical (unpaired) electrons. The minimum atomic E-state index is -0.291. The van der Waals surface area contributed by atoms with Gasteiger partial charge in [-0.2, -0.15) is 0 Å². The number of aromatic hydroxyl groups is 2. The summed E-state index contributed by atoms with van der Waals surface area (Å²) >= 11 is 0. The third-order valence-electron chi connectivity index (χ3n) is 10.5. The van der Waals surface area contributed by atoms with Crippen LogP contribution in [0.15, 0.2) is 29.4 Å². The first-order chi connectivity index (χ1) is 14.4. The third-order valence-corrected chi connectivity index (χ3v) is 10.5. The summed E-state index contributed by atoms with van der Waals surface area (Å²) in [5.74, 6) is 0.307. The van der Waals surface area contributed by atoms with E-state index in [-0.39, 0.29) is 33.5 Å². The lowest BCUT2D eigenvalue weighted by atomic mass is 9.36. The standard InChI is InChI=1S/C28H36O3/c1-16-7-8-25(3)9-11-28(6)22-15-19(29)23-17(2)24(31)20(30)14-18(23)26(22,4)10-12-27(28,5)21(25)13-16/h7,14-15,21,30-31H,8-13H2,1-6H3/t21-,25-,26+,27+,28-/m1/s1. The van der Waals surface area contributed by atoms with Gasteiger partial charge in [0, 0.05) is 16.5 Å². The Morgan fingerprint density at radius 2 is 1.71 bits per heavy atom. The largest absolute Gasteiger partial charge is 0.504 e. The molecule has 1 aromatic carbocycles. The lowest BCUT2D eigenvalue weighted by Gasteiger charge is -2.68. The minimum Gasteiger partial charge on any atom is -0.504 e. The maximum Gasteiger partial charge on any atom is 0.186 e. The van der Waals surface area contributed by atoms with Crippen LogP contribution in [0.4, 0.5) is 0 Å². The zero-order valence-electron chi connectivity index (χ0n) is 19.9. The molecule has 4 aliphatic rings. The predicted octanol–water partition coefficient (Wildman–Crippen LogP) is 6.75. The first kappa shape index (κ1) is 20.8. The molecule has 0 saturated heterocycles. The smallest absolute Gasteiger partial charge is 0.186 e. The molecular weight excluding hydrogens is 384 g/mol. The molecule has 2 N–H and O–H groups in total. The van der Waals surface area contributed by atoms with Crippen molar-refractivity contribution < 1.29 is 15.0 Å². The van der Waals surface area contributed by atoms with Crippen molar-refractivity contribution in [2.45, 2.75) is 85.5 Å². The van der Waals surface area contributed by atoms with Crippen LogP contribution in [0.1, 0.15) is 94.6 Å². The summed E-state index contributed by atoms with van der Waals surface area (Å²) < 4.78 is 0. The topological polar surface area (TPSA) is 57.5 Å². The van der Waals surface area contributed by atoms with E-state index in [9.17, 15) is 15.0 Å². The number of carbonyl (C=O) groups is 1. The monoisotopic (exact) mass is 420 g/mol. The number of carbonyl (C=O) groups excluding carboxylic acids is 1. The lowest BCUT2D eigenvalue weighted by molar-refractivity contribution is -0.122. The van der Waals surface area contributed by atoms with Gasteiger partial charge in [-0.05, 0) is 97.8 Å². The van der Waals surface area contributed by atoms with Crippen molar-refractivity contribution >= 4 is 5.78 Å². The zero-order valence-corrected chi connectivity index (χ0v) is 19.9. The van der Waals surface area contributed by atoms with Crippen LogP contribution in [0.2, 0.25) is 0 Å². The van der Waals surface area contributed by atoms with Crippen molar-refractivity contribution in [1.82, 2.24) is 0 Å². The number of benzene rings is 1. The Kier molecular flexibility index (Phi) is 4.07. The van der Waals surface area contributed by atoms with E-state index < -0.39 is 0 Å². The van der Waals surface area contributed by atoms with E-state index >= 15 is 0 Å². The van der Waals surface area contributed by atoms with E-state index in [2.05, 4.69) is 40.7 Å². The molecular formula is C28H36O3. The van der Waals surface area contributed by atoms with Crippen LogP contribution in [0.25, 0.3) is 0 Å². The Hall–Kier alpha value is -2.03. The highest BCUT2D eigenvalue weighted by atomic mass is 16.3. The van der Waals surface area contributed by atoms with Crippen LogP contribution in [0, 0.1) is 29.1 Å². The minimum absolute atomic E-state index is 0.0196. The van der Waals surface area contributed by atoms with Crippen LogP contribution in [-0.2, 0) is 5.41 Å². The second-order valence-corrected chi connectivity index (χ2v) is 12.0. The van der Waals surface area contributed by atoms with Gasteiger partial charge in [0.05, 0.1) is 0 Å². The van der Waals surface area contributed by atoms with Gasteiger partial charge in [0.2, 0.25) is 0 Å². The number of hydrogen-bond donors (Lipinski definition) is 2. The normalized spacial score (nSPS) is 41.4. The zero-order chi connectivity index (χ0) is 22.6. The molecule has 2 saturated carbocycles. The molecule has 31 heavy (non-hydrogen) atoms. The van der Waals surface area contributed by atoms with Crippen molar-refractivity contribution in [3.8, 4) is 11.5 Å². The van der Waals surface area contributed by atoms with Crippen molar-refractivity contribution in [3.05, 3.63) is 46.1 Å². The van der Waals surface area contributed by atoms with Gasteiger partial charge in [0.15, 0.2) is 17.3 Å². The number of hydrogen-bond acceptors (Lipinski definition) is 3. The Morgan fingerprint density at radius 1 is 1.00 bits per heavy atom. The SMILES string of the molecule is CC1=CC[C@]2(C)CC[C@]3(C)C4=CC(=O)c5c(cc(O)c(O)c5C)[C@]4(C)CC[C@@]3(C)[C@@H]2C1. The maximum atomic E-state index is 13.4. The number of fused-ring (bicyclic) bond motifs is 7. The molecule has 0 spiro atoms. The van der Waals surface area contributed by atoms with Gasteiger partial charge in [-0.3, -0.25) is 4.79 Å². The van der Waals surface area contributed by atoms with Crippen LogP contribution in [-0.4, -0.2) is 16.0 Å². The molecule has 0 amide bonds. The highest BCUT2D eigenvalue weighted by molar-refractivity contribution is 6.10. The number of ketones is 1. The van der Waals surface area contributed by atoms with E-state index in [1.807, 2.05) is 6.08 Å². The van der Waals surface area contributed by atoms with E-state index in [1.54, 1.807) is 13.0 Å². The summed E-state index contributed by atoms with van der Waals surface area (Å²) in [7, 11) is 0. The van der Waals surface area contributed by atoms with Crippen LogP contribution < -0.4 is 0 Å². The molecule has 3 heteroatoms. The summed E-state index contributed by atoms with van der Waals surface area (Å²) in [5, 5.41) is 20.7. The number of phenolic OH excluding ortho intramolecular Hbond substituents is 2. The molecule has 1 aromatic rings. The van der Waals surface area contributed by atoms with E-state index in [4.69, 9.17) is 0 Å². The molecule has 2 fully saturated rings. The van der Waals surface area contributed by atoms with Crippen LogP contribution in [0.5, 0.6) is 11.5 Å². The fraction of sp³-hybridized carbons (Fsp3) is 0.607. The Bertz CT molecular complexity index is 1080. The second kappa shape index (κ2) is 6.05. The molecule has 4 aliphatic carbocycles. The van der Waals surface area contributed by atoms with Crippen molar-refractivity contribution in [2.24, 2.45) is 22.2 Å². The van der Waals surface area contributed by atoms with Crippen LogP contribution >= 0.6 is 0 Å². The highest BCUT2D eigenvalue weighted by Gasteiger charge is 2.65. The molecule has 0 heterocycles. The van der Waals surface area contributed by atoms with Crippen molar-refractivity contribution in [1.29, 1.82) is 0 Å². The van der Waals surface area contributed by atoms with Crippen molar-refractivity contribution in [2.75, 3.05) is 0 Å². The van der Waals surface area contributed by atoms with E-state index in [0.29, 0.717) is 22.5 Å². The molecule has 5 rings (SSSR count). The van der Waals surface area contributed by atoms with Gasteiger partial charge in [-0.1, -0.05) is 39.3 Å². The predicted molar refractivity (Wildman–Crippen MR) is 124 cm³/mol. The fourth-order valence-electron chi connectivity index (χ4n) is 8.17. The molecule has 0 aliphatic heterocycles. The second-order valence-electron chi connectivity index (χ2n) is 12.0. The van der Waals surface area contributed by atoms with Gasteiger partial charge in [0.25, 0.3) is 0 Å². The van der Waals surface area contributed by atoms with E-state index in [0.717, 1.165) is 31.2 Å².